The SMILES string of the molecule is O=C(Nc1ccc(F)cc1)C(c1ccccc1)N1CCCC(O)C1. The van der Waals surface area contributed by atoms with Gasteiger partial charge in [-0.2, -0.15) is 0 Å². The van der Waals surface area contributed by atoms with Crippen molar-refractivity contribution in [2.75, 3.05) is 18.4 Å². The maximum absolute atomic E-state index is 13.0. The summed E-state index contributed by atoms with van der Waals surface area (Å²) in [6, 6.07) is 14.8. The zero-order valence-corrected chi connectivity index (χ0v) is 13.4. The molecular formula is C19H21FN2O2. The lowest BCUT2D eigenvalue weighted by Crippen LogP contribution is -2.44. The Kier molecular flexibility index (Phi) is 5.23. The fraction of sp³-hybridized carbons (Fsp3) is 0.316. The fourth-order valence-electron chi connectivity index (χ4n) is 3.12. The molecule has 2 aromatic rings. The molecule has 0 saturated carbocycles. The average Bonchev–Trinajstić information content (AvgIpc) is 2.58. The number of hydrogen-bond acceptors (Lipinski definition) is 3. The molecular weight excluding hydrogens is 307 g/mol. The largest absolute Gasteiger partial charge is 0.392 e. The summed E-state index contributed by atoms with van der Waals surface area (Å²) in [6.45, 7) is 1.23. The van der Waals surface area contributed by atoms with Crippen LogP contribution < -0.4 is 5.32 Å². The van der Waals surface area contributed by atoms with E-state index in [1.165, 1.54) is 12.1 Å². The first-order chi connectivity index (χ1) is 11.6. The van der Waals surface area contributed by atoms with Gasteiger partial charge in [0.1, 0.15) is 11.9 Å². The third-order valence-corrected chi connectivity index (χ3v) is 4.27. The number of nitrogens with zero attached hydrogens (tertiary/aromatic N) is 1. The van der Waals surface area contributed by atoms with E-state index in [9.17, 15) is 14.3 Å². The molecule has 0 bridgehead atoms. The van der Waals surface area contributed by atoms with Crippen LogP contribution in [0.2, 0.25) is 0 Å². The summed E-state index contributed by atoms with van der Waals surface area (Å²) in [5, 5.41) is 12.8. The molecule has 0 aromatic heterocycles. The smallest absolute Gasteiger partial charge is 0.246 e. The first-order valence-corrected chi connectivity index (χ1v) is 8.17. The van der Waals surface area contributed by atoms with Gasteiger partial charge in [-0.25, -0.2) is 4.39 Å². The van der Waals surface area contributed by atoms with Crippen LogP contribution in [0.15, 0.2) is 54.6 Å². The maximum Gasteiger partial charge on any atom is 0.246 e. The Balaban J connectivity index is 1.83. The standard InChI is InChI=1S/C19H21FN2O2/c20-15-8-10-16(11-9-15)21-19(24)18(14-5-2-1-3-6-14)22-12-4-7-17(23)13-22/h1-3,5-6,8-11,17-18,23H,4,7,12-13H2,(H,21,24). The van der Waals surface area contributed by atoms with E-state index in [0.717, 1.165) is 24.9 Å². The van der Waals surface area contributed by atoms with Gasteiger partial charge in [0.05, 0.1) is 6.10 Å². The summed E-state index contributed by atoms with van der Waals surface area (Å²) < 4.78 is 13.0. The molecule has 0 radical (unpaired) electrons. The Morgan fingerprint density at radius 3 is 2.54 bits per heavy atom. The van der Waals surface area contributed by atoms with Gasteiger partial charge >= 0.3 is 0 Å². The lowest BCUT2D eigenvalue weighted by atomic mass is 9.99. The molecule has 1 aliphatic heterocycles. The molecule has 2 atom stereocenters. The Morgan fingerprint density at radius 1 is 1.17 bits per heavy atom. The van der Waals surface area contributed by atoms with E-state index in [1.54, 1.807) is 12.1 Å². The number of nitrogens with one attached hydrogen (secondary N) is 1. The number of aliphatic hydroxyl groups is 1. The van der Waals surface area contributed by atoms with E-state index in [2.05, 4.69) is 5.32 Å². The average molecular weight is 328 g/mol. The van der Waals surface area contributed by atoms with Crippen LogP contribution in [0.1, 0.15) is 24.4 Å². The summed E-state index contributed by atoms with van der Waals surface area (Å²) in [6.07, 6.45) is 1.20. The normalized spacial score (nSPS) is 19.7. The first kappa shape index (κ1) is 16.6. The molecule has 1 saturated heterocycles. The fourth-order valence-corrected chi connectivity index (χ4v) is 3.12. The van der Waals surface area contributed by atoms with Gasteiger partial charge in [-0.15, -0.1) is 0 Å². The van der Waals surface area contributed by atoms with Crippen molar-refractivity contribution >= 4 is 11.6 Å². The Labute approximate surface area is 140 Å². The number of carbonyl (C=O) groups is 1. The minimum atomic E-state index is -0.480. The molecule has 4 nitrogen and oxygen atoms in total. The second-order valence-electron chi connectivity index (χ2n) is 6.10. The van der Waals surface area contributed by atoms with Gasteiger partial charge in [0.15, 0.2) is 0 Å². The van der Waals surface area contributed by atoms with E-state index in [4.69, 9.17) is 0 Å². The lowest BCUT2D eigenvalue weighted by molar-refractivity contribution is -0.122. The highest BCUT2D eigenvalue weighted by Gasteiger charge is 2.31. The van der Waals surface area contributed by atoms with Crippen LogP contribution in [0.5, 0.6) is 0 Å². The molecule has 1 heterocycles. The first-order valence-electron chi connectivity index (χ1n) is 8.17. The van der Waals surface area contributed by atoms with Crippen molar-refractivity contribution in [2.45, 2.75) is 25.0 Å². The molecule has 2 N–H and O–H groups in total. The van der Waals surface area contributed by atoms with Crippen LogP contribution in [-0.4, -0.2) is 35.1 Å². The van der Waals surface area contributed by atoms with Gasteiger partial charge in [-0.05, 0) is 49.2 Å². The molecule has 2 unspecified atom stereocenters. The Morgan fingerprint density at radius 2 is 1.88 bits per heavy atom. The number of anilines is 1. The zero-order chi connectivity index (χ0) is 16.9. The topological polar surface area (TPSA) is 52.6 Å². The number of piperidine rings is 1. The van der Waals surface area contributed by atoms with Crippen molar-refractivity contribution in [1.29, 1.82) is 0 Å². The van der Waals surface area contributed by atoms with Crippen molar-refractivity contribution in [2.24, 2.45) is 0 Å². The van der Waals surface area contributed by atoms with E-state index in [0.29, 0.717) is 12.2 Å². The molecule has 2 aromatic carbocycles. The summed E-state index contributed by atoms with van der Waals surface area (Å²) >= 11 is 0. The third-order valence-electron chi connectivity index (χ3n) is 4.27. The molecule has 5 heteroatoms. The monoisotopic (exact) mass is 328 g/mol. The number of rotatable bonds is 4. The van der Waals surface area contributed by atoms with Crippen molar-refractivity contribution in [1.82, 2.24) is 4.90 Å². The summed E-state index contributed by atoms with van der Waals surface area (Å²) in [5.74, 6) is -0.520. The van der Waals surface area contributed by atoms with Gasteiger partial charge in [0.2, 0.25) is 5.91 Å². The van der Waals surface area contributed by atoms with Gasteiger partial charge in [-0.3, -0.25) is 9.69 Å². The predicted molar refractivity (Wildman–Crippen MR) is 91.0 cm³/mol. The van der Waals surface area contributed by atoms with Gasteiger partial charge in [0.25, 0.3) is 0 Å². The van der Waals surface area contributed by atoms with Gasteiger partial charge in [-0.1, -0.05) is 30.3 Å². The highest BCUT2D eigenvalue weighted by molar-refractivity contribution is 5.95. The Hall–Kier alpha value is -2.24. The minimum absolute atomic E-state index is 0.179. The summed E-state index contributed by atoms with van der Waals surface area (Å²) in [4.78, 5) is 14.9. The number of hydrogen-bond donors (Lipinski definition) is 2. The summed E-state index contributed by atoms with van der Waals surface area (Å²) in [5.41, 5.74) is 1.44. The van der Waals surface area contributed by atoms with Gasteiger partial charge < -0.3 is 10.4 Å². The number of β-amino-alcohol motifs (C(OH)–C–C–N with tert-alkyl or cyclic N) is 1. The predicted octanol–water partition coefficient (Wildman–Crippen LogP) is 2.96. The van der Waals surface area contributed by atoms with Crippen LogP contribution in [0.25, 0.3) is 0 Å². The van der Waals surface area contributed by atoms with E-state index >= 15 is 0 Å². The zero-order valence-electron chi connectivity index (χ0n) is 13.4. The molecule has 1 amide bonds. The van der Waals surface area contributed by atoms with E-state index in [-0.39, 0.29) is 11.7 Å². The van der Waals surface area contributed by atoms with Crippen LogP contribution >= 0.6 is 0 Å². The number of carbonyl (C=O) groups excluding carboxylic acids is 1. The molecule has 1 aliphatic rings. The van der Waals surface area contributed by atoms with E-state index < -0.39 is 12.1 Å². The second kappa shape index (κ2) is 7.55. The van der Waals surface area contributed by atoms with Crippen LogP contribution in [-0.2, 0) is 4.79 Å². The highest BCUT2D eigenvalue weighted by atomic mass is 19.1. The number of aliphatic hydroxyl groups excluding tert-OH is 1. The number of halogens is 1. The third kappa shape index (κ3) is 3.99. The molecule has 24 heavy (non-hydrogen) atoms. The molecule has 126 valence electrons. The van der Waals surface area contributed by atoms with Crippen LogP contribution in [0.3, 0.4) is 0 Å². The Bertz CT molecular complexity index is 676. The van der Waals surface area contributed by atoms with E-state index in [1.807, 2.05) is 35.2 Å². The molecule has 0 aliphatic carbocycles. The van der Waals surface area contributed by atoms with Crippen LogP contribution in [0.4, 0.5) is 10.1 Å². The number of benzene rings is 2. The van der Waals surface area contributed by atoms with Crippen molar-refractivity contribution in [3.05, 3.63) is 66.0 Å². The quantitative estimate of drug-likeness (QED) is 0.907. The maximum atomic E-state index is 13.0. The van der Waals surface area contributed by atoms with Crippen molar-refractivity contribution in [3.63, 3.8) is 0 Å². The van der Waals surface area contributed by atoms with Crippen molar-refractivity contribution < 1.29 is 14.3 Å². The summed E-state index contributed by atoms with van der Waals surface area (Å²) in [7, 11) is 0. The molecule has 3 rings (SSSR count). The van der Waals surface area contributed by atoms with Gasteiger partial charge in [0, 0.05) is 12.2 Å². The number of likely N-dealkylation sites (tertiary alicyclic amines) is 1. The van der Waals surface area contributed by atoms with Crippen molar-refractivity contribution in [3.8, 4) is 0 Å². The number of amides is 1. The van der Waals surface area contributed by atoms with Crippen LogP contribution in [0, 0.1) is 5.82 Å². The second-order valence-corrected chi connectivity index (χ2v) is 6.10. The molecule has 0 spiro atoms. The highest BCUT2D eigenvalue weighted by Crippen LogP contribution is 2.26. The lowest BCUT2D eigenvalue weighted by Gasteiger charge is -2.36. The minimum Gasteiger partial charge on any atom is -0.392 e. The molecule has 1 fully saturated rings.